The maximum Gasteiger partial charge on any atom is 0.162 e. The monoisotopic (exact) mass is 483 g/mol. The number of methoxy groups -OCH3 is 3. The fourth-order valence-electron chi connectivity index (χ4n) is 3.94. The number of nitrogens with one attached hydrogen (secondary N) is 1. The van der Waals surface area contributed by atoms with Crippen LogP contribution in [0.25, 0.3) is 0 Å². The molecule has 0 radical (unpaired) electrons. The van der Waals surface area contributed by atoms with Crippen molar-refractivity contribution in [2.24, 2.45) is 0 Å². The lowest BCUT2D eigenvalue weighted by atomic mass is 9.89. The van der Waals surface area contributed by atoms with Crippen LogP contribution in [-0.4, -0.2) is 27.9 Å². The van der Waals surface area contributed by atoms with E-state index in [-0.39, 0.29) is 6.04 Å². The smallest absolute Gasteiger partial charge is 0.162 e. The number of hydrogen-bond donors (Lipinski definition) is 1. The Morgan fingerprint density at radius 3 is 2.19 bits per heavy atom. The van der Waals surface area contributed by atoms with Crippen molar-refractivity contribution in [1.82, 2.24) is 5.32 Å². The van der Waals surface area contributed by atoms with Crippen LogP contribution in [-0.2, 0) is 13.0 Å². The molecule has 6 heteroatoms. The van der Waals surface area contributed by atoms with Crippen LogP contribution in [0.15, 0.2) is 59.1 Å². The lowest BCUT2D eigenvalue weighted by molar-refractivity contribution is 0.284. The van der Waals surface area contributed by atoms with E-state index in [1.165, 1.54) is 11.1 Å². The molecule has 1 unspecified atom stereocenters. The highest BCUT2D eigenvalue weighted by Crippen LogP contribution is 2.42. The first-order chi connectivity index (χ1) is 15.1. The molecule has 5 nitrogen and oxygen atoms in total. The SMILES string of the molecule is COc1cc2c(cc1OC)C(c1cc(OC)c(OCc3ccccc3)cc1Br)NCC2. The van der Waals surface area contributed by atoms with Crippen LogP contribution >= 0.6 is 15.9 Å². The Balaban J connectivity index is 1.68. The molecule has 31 heavy (non-hydrogen) atoms. The molecule has 3 aromatic rings. The summed E-state index contributed by atoms with van der Waals surface area (Å²) in [5.74, 6) is 2.87. The topological polar surface area (TPSA) is 49.0 Å². The molecule has 0 bridgehead atoms. The van der Waals surface area contributed by atoms with E-state index in [1.807, 2.05) is 42.5 Å². The molecule has 1 aliphatic heterocycles. The van der Waals surface area contributed by atoms with Crippen molar-refractivity contribution < 1.29 is 18.9 Å². The highest BCUT2D eigenvalue weighted by molar-refractivity contribution is 9.10. The van der Waals surface area contributed by atoms with E-state index in [2.05, 4.69) is 33.4 Å². The van der Waals surface area contributed by atoms with E-state index in [0.717, 1.165) is 40.1 Å². The van der Waals surface area contributed by atoms with Crippen molar-refractivity contribution in [3.8, 4) is 23.0 Å². The summed E-state index contributed by atoms with van der Waals surface area (Å²) in [6, 6.07) is 18.2. The van der Waals surface area contributed by atoms with Gasteiger partial charge in [-0.2, -0.15) is 0 Å². The van der Waals surface area contributed by atoms with E-state index in [9.17, 15) is 0 Å². The second-order valence-corrected chi connectivity index (χ2v) is 8.20. The standard InChI is InChI=1S/C25H26BrNO4/c1-28-21-11-17-9-10-27-25(18(17)12-22(21)29-2)19-13-23(30-3)24(14-20(19)26)31-15-16-7-5-4-6-8-16/h4-8,11-14,25,27H,9-10,15H2,1-3H3. The van der Waals surface area contributed by atoms with Gasteiger partial charge in [0.15, 0.2) is 23.0 Å². The number of hydrogen-bond acceptors (Lipinski definition) is 5. The van der Waals surface area contributed by atoms with Gasteiger partial charge in [-0.25, -0.2) is 0 Å². The van der Waals surface area contributed by atoms with Crippen molar-refractivity contribution in [3.63, 3.8) is 0 Å². The molecule has 162 valence electrons. The van der Waals surface area contributed by atoms with Crippen molar-refractivity contribution in [1.29, 1.82) is 0 Å². The highest BCUT2D eigenvalue weighted by atomic mass is 79.9. The second kappa shape index (κ2) is 9.62. The second-order valence-electron chi connectivity index (χ2n) is 7.34. The molecule has 1 heterocycles. The summed E-state index contributed by atoms with van der Waals surface area (Å²) in [5.41, 5.74) is 4.60. The third-order valence-electron chi connectivity index (χ3n) is 5.53. The number of ether oxygens (including phenoxy) is 4. The average molecular weight is 484 g/mol. The quantitative estimate of drug-likeness (QED) is 0.494. The molecule has 0 saturated heterocycles. The zero-order valence-electron chi connectivity index (χ0n) is 17.9. The summed E-state index contributed by atoms with van der Waals surface area (Å²) in [6.07, 6.45) is 0.930. The summed E-state index contributed by atoms with van der Waals surface area (Å²) in [4.78, 5) is 0. The normalized spacial score (nSPS) is 15.2. The molecule has 0 fully saturated rings. The third-order valence-corrected chi connectivity index (χ3v) is 6.22. The van der Waals surface area contributed by atoms with Gasteiger partial charge in [-0.3, -0.25) is 0 Å². The summed E-state index contributed by atoms with van der Waals surface area (Å²) in [5, 5.41) is 3.63. The van der Waals surface area contributed by atoms with Crippen LogP contribution in [0.1, 0.15) is 28.3 Å². The van der Waals surface area contributed by atoms with E-state index < -0.39 is 0 Å². The van der Waals surface area contributed by atoms with Gasteiger partial charge in [-0.1, -0.05) is 46.3 Å². The van der Waals surface area contributed by atoms with Gasteiger partial charge in [0, 0.05) is 11.0 Å². The Kier molecular flexibility index (Phi) is 6.68. The van der Waals surface area contributed by atoms with E-state index in [0.29, 0.717) is 18.1 Å². The van der Waals surface area contributed by atoms with E-state index in [1.54, 1.807) is 21.3 Å². The molecule has 0 amide bonds. The number of benzene rings is 3. The summed E-state index contributed by atoms with van der Waals surface area (Å²) < 4.78 is 23.7. The van der Waals surface area contributed by atoms with Crippen molar-refractivity contribution in [2.45, 2.75) is 19.1 Å². The molecule has 0 spiro atoms. The molecular formula is C25H26BrNO4. The van der Waals surface area contributed by atoms with Gasteiger partial charge in [0.1, 0.15) is 6.61 Å². The Morgan fingerprint density at radius 1 is 0.839 bits per heavy atom. The fourth-order valence-corrected chi connectivity index (χ4v) is 4.49. The Hall–Kier alpha value is -2.70. The van der Waals surface area contributed by atoms with Gasteiger partial charge in [0.25, 0.3) is 0 Å². The van der Waals surface area contributed by atoms with Gasteiger partial charge < -0.3 is 24.3 Å². The van der Waals surface area contributed by atoms with E-state index >= 15 is 0 Å². The van der Waals surface area contributed by atoms with Crippen molar-refractivity contribution >= 4 is 15.9 Å². The zero-order chi connectivity index (χ0) is 21.8. The van der Waals surface area contributed by atoms with E-state index in [4.69, 9.17) is 18.9 Å². The third kappa shape index (κ3) is 4.50. The molecule has 4 rings (SSSR count). The predicted molar refractivity (Wildman–Crippen MR) is 125 cm³/mol. The number of rotatable bonds is 7. The Morgan fingerprint density at radius 2 is 1.48 bits per heavy atom. The minimum atomic E-state index is -0.00463. The largest absolute Gasteiger partial charge is 0.493 e. The summed E-state index contributed by atoms with van der Waals surface area (Å²) >= 11 is 3.76. The van der Waals surface area contributed by atoms with Gasteiger partial charge >= 0.3 is 0 Å². The Bertz CT molecular complexity index is 1060. The van der Waals surface area contributed by atoms with Crippen LogP contribution in [0, 0.1) is 0 Å². The molecule has 1 aliphatic rings. The van der Waals surface area contributed by atoms with Gasteiger partial charge in [-0.05, 0) is 52.9 Å². The zero-order valence-corrected chi connectivity index (χ0v) is 19.5. The number of halogens is 1. The van der Waals surface area contributed by atoms with Gasteiger partial charge in [0.05, 0.1) is 27.4 Å². The first kappa shape index (κ1) is 21.5. The summed E-state index contributed by atoms with van der Waals surface area (Å²) in [7, 11) is 4.99. The molecule has 0 aromatic heterocycles. The van der Waals surface area contributed by atoms with Crippen LogP contribution in [0.3, 0.4) is 0 Å². The van der Waals surface area contributed by atoms with Crippen molar-refractivity contribution in [3.05, 3.63) is 81.3 Å². The fraction of sp³-hybridized carbons (Fsp3) is 0.280. The van der Waals surface area contributed by atoms with Crippen LogP contribution < -0.4 is 24.3 Å². The molecule has 1 N–H and O–H groups in total. The van der Waals surface area contributed by atoms with Crippen LogP contribution in [0.2, 0.25) is 0 Å². The molecule has 0 saturated carbocycles. The maximum absolute atomic E-state index is 6.06. The van der Waals surface area contributed by atoms with Crippen molar-refractivity contribution in [2.75, 3.05) is 27.9 Å². The lowest BCUT2D eigenvalue weighted by Crippen LogP contribution is -2.31. The summed E-state index contributed by atoms with van der Waals surface area (Å²) in [6.45, 7) is 1.35. The van der Waals surface area contributed by atoms with Crippen LogP contribution in [0.4, 0.5) is 0 Å². The molecule has 3 aromatic carbocycles. The first-order valence-electron chi connectivity index (χ1n) is 10.2. The van der Waals surface area contributed by atoms with Gasteiger partial charge in [-0.15, -0.1) is 0 Å². The molecule has 1 atom stereocenters. The Labute approximate surface area is 191 Å². The molecular weight excluding hydrogens is 458 g/mol. The molecule has 0 aliphatic carbocycles. The minimum Gasteiger partial charge on any atom is -0.493 e. The number of fused-ring (bicyclic) bond motifs is 1. The van der Waals surface area contributed by atoms with Gasteiger partial charge in [0.2, 0.25) is 0 Å². The lowest BCUT2D eigenvalue weighted by Gasteiger charge is -2.29. The van der Waals surface area contributed by atoms with Crippen LogP contribution in [0.5, 0.6) is 23.0 Å². The first-order valence-corrected chi connectivity index (χ1v) is 11.0. The average Bonchev–Trinajstić information content (AvgIpc) is 2.82. The predicted octanol–water partition coefficient (Wildman–Crippen LogP) is 5.29. The maximum atomic E-state index is 6.06. The highest BCUT2D eigenvalue weighted by Gasteiger charge is 2.26. The minimum absolute atomic E-state index is 0.00463.